The molecule has 38 heavy (non-hydrogen) atoms. The number of methoxy groups -OCH3 is 4. The van der Waals surface area contributed by atoms with Crippen LogP contribution in [0.15, 0.2) is 48.5 Å². The maximum absolute atomic E-state index is 13.6. The van der Waals surface area contributed by atoms with Gasteiger partial charge >= 0.3 is 11.9 Å². The maximum atomic E-state index is 13.6. The predicted octanol–water partition coefficient (Wildman–Crippen LogP) is 4.31. The monoisotopic (exact) mass is 519 g/mol. The van der Waals surface area contributed by atoms with Gasteiger partial charge in [0.2, 0.25) is 0 Å². The molecule has 0 radical (unpaired) electrons. The summed E-state index contributed by atoms with van der Waals surface area (Å²) >= 11 is 0. The van der Waals surface area contributed by atoms with E-state index in [0.717, 1.165) is 0 Å². The number of ether oxygens (including phenoxy) is 6. The summed E-state index contributed by atoms with van der Waals surface area (Å²) in [6.07, 6.45) is -0.927. The Morgan fingerprint density at radius 3 is 2.11 bits per heavy atom. The first-order valence-electron chi connectivity index (χ1n) is 11.3. The second-order valence-electron chi connectivity index (χ2n) is 8.24. The largest absolute Gasteiger partial charge is 0.493 e. The molecule has 1 atom stereocenters. The summed E-state index contributed by atoms with van der Waals surface area (Å²) in [5, 5.41) is 11.8. The quantitative estimate of drug-likeness (QED) is 0.201. The molecule has 0 saturated carbocycles. The molecule has 0 N–H and O–H groups in total. The van der Waals surface area contributed by atoms with Crippen LogP contribution < -0.4 is 18.9 Å². The Labute approximate surface area is 216 Å². The zero-order valence-corrected chi connectivity index (χ0v) is 20.7. The number of hydrogen-bond donors (Lipinski definition) is 0. The summed E-state index contributed by atoms with van der Waals surface area (Å²) in [5.41, 5.74) is 0.668. The molecule has 11 nitrogen and oxygen atoms in total. The average molecular weight is 519 g/mol. The van der Waals surface area contributed by atoms with Gasteiger partial charge in [0, 0.05) is 22.8 Å². The Morgan fingerprint density at radius 2 is 1.45 bits per heavy atom. The van der Waals surface area contributed by atoms with Crippen LogP contribution in [0.4, 0.5) is 5.69 Å². The lowest BCUT2D eigenvalue weighted by molar-refractivity contribution is -0.385. The van der Waals surface area contributed by atoms with Crippen molar-refractivity contribution in [3.63, 3.8) is 0 Å². The van der Waals surface area contributed by atoms with Crippen LogP contribution in [0.5, 0.6) is 23.0 Å². The van der Waals surface area contributed by atoms with Crippen LogP contribution in [-0.4, -0.2) is 45.3 Å². The van der Waals surface area contributed by atoms with E-state index in [1.54, 1.807) is 30.3 Å². The third-order valence-corrected chi connectivity index (χ3v) is 6.35. The van der Waals surface area contributed by atoms with Gasteiger partial charge in [0.1, 0.15) is 11.1 Å². The zero-order valence-electron chi connectivity index (χ0n) is 20.7. The van der Waals surface area contributed by atoms with Crippen molar-refractivity contribution >= 4 is 29.0 Å². The number of carbonyl (C=O) groups is 2. The number of hydrogen-bond acceptors (Lipinski definition) is 10. The highest BCUT2D eigenvalue weighted by atomic mass is 16.6. The highest BCUT2D eigenvalue weighted by molar-refractivity contribution is 6.28. The molecule has 2 heterocycles. The van der Waals surface area contributed by atoms with E-state index in [1.807, 2.05) is 0 Å². The normalized spacial score (nSPS) is 17.6. The lowest BCUT2D eigenvalue weighted by Gasteiger charge is -2.29. The smallest absolute Gasteiger partial charge is 0.344 e. The topological polar surface area (TPSA) is 133 Å². The predicted molar refractivity (Wildman–Crippen MR) is 132 cm³/mol. The molecule has 0 saturated heterocycles. The summed E-state index contributed by atoms with van der Waals surface area (Å²) in [4.78, 5) is 37.4. The molecule has 2 aliphatic heterocycles. The molecule has 5 rings (SSSR count). The Hall–Kier alpha value is -5.06. The molecular formula is C27H21NO10. The van der Waals surface area contributed by atoms with E-state index in [-0.39, 0.29) is 33.9 Å². The van der Waals surface area contributed by atoms with Crippen molar-refractivity contribution in [1.29, 1.82) is 0 Å². The van der Waals surface area contributed by atoms with Crippen LogP contribution in [0.3, 0.4) is 0 Å². The molecule has 0 aromatic heterocycles. The number of cyclic esters (lactones) is 2. The average Bonchev–Trinajstić information content (AvgIpc) is 3.27. The molecule has 194 valence electrons. The van der Waals surface area contributed by atoms with Gasteiger partial charge in [-0.2, -0.15) is 0 Å². The number of esters is 2. The van der Waals surface area contributed by atoms with E-state index >= 15 is 0 Å². The van der Waals surface area contributed by atoms with Crippen LogP contribution in [0.25, 0.3) is 11.3 Å². The Bertz CT molecular complexity index is 1540. The van der Waals surface area contributed by atoms with Crippen molar-refractivity contribution in [2.75, 3.05) is 28.4 Å². The van der Waals surface area contributed by atoms with Gasteiger partial charge in [0.25, 0.3) is 5.69 Å². The minimum Gasteiger partial charge on any atom is -0.493 e. The van der Waals surface area contributed by atoms with Gasteiger partial charge in [0.05, 0.1) is 38.9 Å². The van der Waals surface area contributed by atoms with Gasteiger partial charge in [-0.25, -0.2) is 9.59 Å². The number of rotatable bonds is 6. The number of nitro benzene ring substituents is 1. The summed E-state index contributed by atoms with van der Waals surface area (Å²) in [5.74, 6) is -0.383. The van der Waals surface area contributed by atoms with Crippen LogP contribution in [0, 0.1) is 10.1 Å². The number of benzene rings is 3. The van der Waals surface area contributed by atoms with Gasteiger partial charge in [0.15, 0.2) is 34.9 Å². The Morgan fingerprint density at radius 1 is 0.789 bits per heavy atom. The number of carbonyl (C=O) groups excluding carboxylic acids is 2. The van der Waals surface area contributed by atoms with Gasteiger partial charge in [-0.15, -0.1) is 0 Å². The van der Waals surface area contributed by atoms with Crippen molar-refractivity contribution in [2.24, 2.45) is 0 Å². The number of fused-ring (bicyclic) bond motifs is 2. The van der Waals surface area contributed by atoms with E-state index in [4.69, 9.17) is 28.4 Å². The molecule has 1 unspecified atom stereocenters. The third-order valence-electron chi connectivity index (χ3n) is 6.35. The first-order chi connectivity index (χ1) is 18.3. The number of nitrogens with zero attached hydrogens (tertiary/aromatic N) is 1. The molecule has 0 spiro atoms. The molecule has 3 aromatic carbocycles. The standard InChI is InChI=1S/C27H21NO10/c1-33-18-9-8-13(10-19(18)34-2)24-16-12-21(36-4)20(35-3)11-15(16)23(27(30)37-24)25-22-14(26(29)38-25)6-5-7-17(22)28(31)32/h5-12,24H,1-4H3/b25-23+. The number of nitro groups is 1. The van der Waals surface area contributed by atoms with Crippen LogP contribution in [0.1, 0.15) is 38.7 Å². The molecule has 11 heteroatoms. The van der Waals surface area contributed by atoms with E-state index in [1.165, 1.54) is 46.6 Å². The fourth-order valence-corrected chi connectivity index (χ4v) is 4.62. The van der Waals surface area contributed by atoms with Crippen LogP contribution in [-0.2, 0) is 14.3 Å². The minimum atomic E-state index is -0.927. The van der Waals surface area contributed by atoms with Crippen molar-refractivity contribution < 1.29 is 42.9 Å². The highest BCUT2D eigenvalue weighted by Gasteiger charge is 2.42. The Kier molecular flexibility index (Phi) is 6.11. The summed E-state index contributed by atoms with van der Waals surface area (Å²) in [6, 6.07) is 12.3. The van der Waals surface area contributed by atoms with E-state index in [2.05, 4.69) is 0 Å². The maximum Gasteiger partial charge on any atom is 0.344 e. The van der Waals surface area contributed by atoms with Crippen LogP contribution >= 0.6 is 0 Å². The first-order valence-corrected chi connectivity index (χ1v) is 11.3. The second-order valence-corrected chi connectivity index (χ2v) is 8.24. The fraction of sp³-hybridized carbons (Fsp3) is 0.185. The second kappa shape index (κ2) is 9.43. The van der Waals surface area contributed by atoms with Crippen molar-refractivity contribution in [3.8, 4) is 23.0 Å². The summed E-state index contributed by atoms with van der Waals surface area (Å²) < 4.78 is 33.0. The molecule has 0 amide bonds. The molecule has 0 aliphatic carbocycles. The SMILES string of the molecule is COc1ccc(C2OC(=O)/C(=C3/OC(=O)c4cccc([N+](=O)[O-])c43)c3cc(OC)c(OC)cc32)cc1OC. The van der Waals surface area contributed by atoms with Crippen molar-refractivity contribution in [1.82, 2.24) is 0 Å². The van der Waals surface area contributed by atoms with Crippen LogP contribution in [0.2, 0.25) is 0 Å². The third kappa shape index (κ3) is 3.76. The van der Waals surface area contributed by atoms with Gasteiger partial charge < -0.3 is 28.4 Å². The molecule has 3 aromatic rings. The lowest BCUT2D eigenvalue weighted by Crippen LogP contribution is -2.23. The van der Waals surface area contributed by atoms with E-state index in [0.29, 0.717) is 33.9 Å². The highest BCUT2D eigenvalue weighted by Crippen LogP contribution is 2.49. The first kappa shape index (κ1) is 24.6. The summed E-state index contributed by atoms with van der Waals surface area (Å²) in [6.45, 7) is 0. The van der Waals surface area contributed by atoms with Gasteiger partial charge in [-0.05, 0) is 30.3 Å². The van der Waals surface area contributed by atoms with Gasteiger partial charge in [-0.1, -0.05) is 12.1 Å². The molecule has 0 fully saturated rings. The minimum absolute atomic E-state index is 0.0291. The molecular weight excluding hydrogens is 498 g/mol. The molecule has 0 bridgehead atoms. The zero-order chi connectivity index (χ0) is 27.1. The van der Waals surface area contributed by atoms with E-state index in [9.17, 15) is 19.7 Å². The van der Waals surface area contributed by atoms with Crippen molar-refractivity contribution in [2.45, 2.75) is 6.10 Å². The Balaban J connectivity index is 1.80. The fourth-order valence-electron chi connectivity index (χ4n) is 4.62. The summed E-state index contributed by atoms with van der Waals surface area (Å²) in [7, 11) is 5.88. The van der Waals surface area contributed by atoms with Crippen molar-refractivity contribution in [3.05, 3.63) is 86.5 Å². The van der Waals surface area contributed by atoms with E-state index < -0.39 is 23.0 Å². The van der Waals surface area contributed by atoms with Gasteiger partial charge in [-0.3, -0.25) is 10.1 Å². The molecule has 2 aliphatic rings. The lowest BCUT2D eigenvalue weighted by atomic mass is 9.87.